The molecule has 1 fully saturated rings. The summed E-state index contributed by atoms with van der Waals surface area (Å²) in [4.78, 5) is 21.1. The van der Waals surface area contributed by atoms with Crippen LogP contribution in [0.2, 0.25) is 0 Å². The van der Waals surface area contributed by atoms with Crippen molar-refractivity contribution >= 4 is 12.3 Å². The van der Waals surface area contributed by atoms with Gasteiger partial charge in [-0.05, 0) is 18.9 Å². The number of ether oxygens (including phenoxy) is 2. The fourth-order valence-electron chi connectivity index (χ4n) is 3.91. The Morgan fingerprint density at radius 2 is 2.06 bits per heavy atom. The molecule has 1 aliphatic rings. The molecule has 2 atom stereocenters. The molecule has 0 N–H and O–H groups in total. The topological polar surface area (TPSA) is 82.4 Å². The molecule has 0 spiro atoms. The van der Waals surface area contributed by atoms with Crippen molar-refractivity contribution in [2.45, 2.75) is 32.5 Å². The number of piperidine rings is 1. The third-order valence-corrected chi connectivity index (χ3v) is 5.50. The van der Waals surface area contributed by atoms with Gasteiger partial charge in [-0.2, -0.15) is 5.10 Å². The number of aromatic nitrogens is 4. The van der Waals surface area contributed by atoms with E-state index in [1.54, 1.807) is 29.2 Å². The van der Waals surface area contributed by atoms with E-state index in [0.29, 0.717) is 30.2 Å². The summed E-state index contributed by atoms with van der Waals surface area (Å²) < 4.78 is 40.9. The van der Waals surface area contributed by atoms with Crippen molar-refractivity contribution in [3.63, 3.8) is 0 Å². The Hall–Kier alpha value is -3.56. The van der Waals surface area contributed by atoms with E-state index in [2.05, 4.69) is 15.1 Å². The van der Waals surface area contributed by atoms with Gasteiger partial charge in [0.15, 0.2) is 23.7 Å². The maximum atomic E-state index is 14.7. The monoisotopic (exact) mass is 443 g/mol. The Balaban J connectivity index is 1.68. The second-order valence-corrected chi connectivity index (χ2v) is 7.62. The standard InChI is InChI=1S/C22H23F2N5O3/c1-14-6-5-9-28(22(14)32-13-30)21-17(24)11-25-20(26-21)18-10-19(31-2)29(27-18)12-15-7-3-4-8-16(15)23/h3-4,7-8,10-11,13-14,22H,5-6,9,12H2,1-2H3/t14-,22-/m0/s1. The van der Waals surface area contributed by atoms with Crippen LogP contribution in [-0.4, -0.2) is 46.1 Å². The first-order chi connectivity index (χ1) is 15.5. The highest BCUT2D eigenvalue weighted by Crippen LogP contribution is 2.31. The van der Waals surface area contributed by atoms with E-state index in [1.165, 1.54) is 17.9 Å². The van der Waals surface area contributed by atoms with Crippen molar-refractivity contribution in [3.8, 4) is 17.4 Å². The average molecular weight is 443 g/mol. The van der Waals surface area contributed by atoms with Crippen LogP contribution in [0.25, 0.3) is 11.5 Å². The predicted octanol–water partition coefficient (Wildman–Crippen LogP) is 3.41. The number of carbonyl (C=O) groups is 1. The van der Waals surface area contributed by atoms with Crippen molar-refractivity contribution in [3.05, 3.63) is 53.7 Å². The van der Waals surface area contributed by atoms with E-state index in [1.807, 2.05) is 6.92 Å². The van der Waals surface area contributed by atoms with Gasteiger partial charge >= 0.3 is 0 Å². The molecular formula is C22H23F2N5O3. The van der Waals surface area contributed by atoms with Crippen LogP contribution in [0.15, 0.2) is 36.5 Å². The van der Waals surface area contributed by atoms with Crippen LogP contribution in [0.3, 0.4) is 0 Å². The molecule has 2 aromatic heterocycles. The molecule has 1 aromatic carbocycles. The number of carbonyl (C=O) groups excluding carboxylic acids is 1. The molecule has 4 rings (SSSR count). The maximum absolute atomic E-state index is 14.7. The first-order valence-corrected chi connectivity index (χ1v) is 10.3. The summed E-state index contributed by atoms with van der Waals surface area (Å²) in [6.07, 6.45) is 2.11. The molecule has 1 saturated heterocycles. The van der Waals surface area contributed by atoms with Gasteiger partial charge in [-0.25, -0.2) is 23.4 Å². The van der Waals surface area contributed by atoms with Crippen LogP contribution < -0.4 is 9.64 Å². The third-order valence-electron chi connectivity index (χ3n) is 5.50. The lowest BCUT2D eigenvalue weighted by Crippen LogP contribution is -2.47. The van der Waals surface area contributed by atoms with Crippen molar-refractivity contribution < 1.29 is 23.0 Å². The minimum absolute atomic E-state index is 0.0202. The Morgan fingerprint density at radius 1 is 1.25 bits per heavy atom. The zero-order chi connectivity index (χ0) is 22.7. The molecule has 3 aromatic rings. The molecule has 32 heavy (non-hydrogen) atoms. The number of rotatable bonds is 7. The Bertz CT molecular complexity index is 1110. The average Bonchev–Trinajstić information content (AvgIpc) is 3.20. The van der Waals surface area contributed by atoms with Gasteiger partial charge in [0.1, 0.15) is 11.5 Å². The van der Waals surface area contributed by atoms with E-state index in [4.69, 9.17) is 9.47 Å². The van der Waals surface area contributed by atoms with Crippen molar-refractivity contribution in [1.29, 1.82) is 0 Å². The quantitative estimate of drug-likeness (QED) is 0.518. The molecule has 0 radical (unpaired) electrons. The number of halogens is 2. The lowest BCUT2D eigenvalue weighted by Gasteiger charge is -2.38. The summed E-state index contributed by atoms with van der Waals surface area (Å²) in [6, 6.07) is 7.99. The number of hydrogen-bond donors (Lipinski definition) is 0. The van der Waals surface area contributed by atoms with Crippen LogP contribution in [0.1, 0.15) is 25.3 Å². The van der Waals surface area contributed by atoms with Crippen molar-refractivity contribution in [1.82, 2.24) is 19.7 Å². The zero-order valence-corrected chi connectivity index (χ0v) is 17.7. The number of hydrogen-bond acceptors (Lipinski definition) is 7. The van der Waals surface area contributed by atoms with Crippen LogP contribution in [-0.2, 0) is 16.1 Å². The van der Waals surface area contributed by atoms with E-state index >= 15 is 0 Å². The lowest BCUT2D eigenvalue weighted by molar-refractivity contribution is -0.136. The zero-order valence-electron chi connectivity index (χ0n) is 17.7. The summed E-state index contributed by atoms with van der Waals surface area (Å²) in [5.74, 6) is -0.364. The number of nitrogens with zero attached hydrogens (tertiary/aromatic N) is 5. The van der Waals surface area contributed by atoms with E-state index in [-0.39, 0.29) is 29.9 Å². The Morgan fingerprint density at radius 3 is 2.81 bits per heavy atom. The molecule has 0 aliphatic carbocycles. The van der Waals surface area contributed by atoms with Gasteiger partial charge in [0, 0.05) is 24.1 Å². The SMILES string of the molecule is COc1cc(-c2ncc(F)c(N3CCC[C@H](C)[C@@H]3OC=O)n2)nn1Cc1ccccc1F. The lowest BCUT2D eigenvalue weighted by atomic mass is 9.98. The fraction of sp³-hybridized carbons (Fsp3) is 0.364. The maximum Gasteiger partial charge on any atom is 0.295 e. The van der Waals surface area contributed by atoms with Gasteiger partial charge in [-0.3, -0.25) is 4.79 Å². The van der Waals surface area contributed by atoms with Crippen LogP contribution in [0.5, 0.6) is 5.88 Å². The molecule has 0 unspecified atom stereocenters. The fourth-order valence-corrected chi connectivity index (χ4v) is 3.91. The van der Waals surface area contributed by atoms with Crippen molar-refractivity contribution in [2.75, 3.05) is 18.6 Å². The second kappa shape index (κ2) is 9.29. The summed E-state index contributed by atoms with van der Waals surface area (Å²) in [5, 5.41) is 4.45. The van der Waals surface area contributed by atoms with E-state index < -0.39 is 12.0 Å². The molecule has 8 nitrogen and oxygen atoms in total. The van der Waals surface area contributed by atoms with Gasteiger partial charge in [0.2, 0.25) is 5.88 Å². The van der Waals surface area contributed by atoms with E-state index in [9.17, 15) is 13.6 Å². The van der Waals surface area contributed by atoms with Crippen LogP contribution in [0, 0.1) is 17.6 Å². The molecule has 0 saturated carbocycles. The minimum Gasteiger partial charge on any atom is -0.481 e. The molecule has 0 bridgehead atoms. The minimum atomic E-state index is -0.625. The molecule has 10 heteroatoms. The van der Waals surface area contributed by atoms with Crippen LogP contribution >= 0.6 is 0 Å². The first kappa shape index (κ1) is 21.7. The molecule has 0 amide bonds. The highest BCUT2D eigenvalue weighted by Gasteiger charge is 2.33. The molecule has 3 heterocycles. The largest absolute Gasteiger partial charge is 0.481 e. The van der Waals surface area contributed by atoms with E-state index in [0.717, 1.165) is 19.0 Å². The van der Waals surface area contributed by atoms with Crippen LogP contribution in [0.4, 0.5) is 14.6 Å². The smallest absolute Gasteiger partial charge is 0.295 e. The second-order valence-electron chi connectivity index (χ2n) is 7.62. The summed E-state index contributed by atoms with van der Waals surface area (Å²) in [5.41, 5.74) is 0.787. The normalized spacial score (nSPS) is 18.4. The Labute approximate surface area is 183 Å². The third kappa shape index (κ3) is 4.25. The van der Waals surface area contributed by atoms with Gasteiger partial charge in [-0.15, -0.1) is 0 Å². The van der Waals surface area contributed by atoms with Crippen molar-refractivity contribution in [2.24, 2.45) is 5.92 Å². The van der Waals surface area contributed by atoms with Gasteiger partial charge in [-0.1, -0.05) is 25.1 Å². The number of methoxy groups -OCH3 is 1. The molecule has 1 aliphatic heterocycles. The Kier molecular flexibility index (Phi) is 6.29. The summed E-state index contributed by atoms with van der Waals surface area (Å²) >= 11 is 0. The van der Waals surface area contributed by atoms with Gasteiger partial charge < -0.3 is 14.4 Å². The summed E-state index contributed by atoms with van der Waals surface area (Å²) in [7, 11) is 1.48. The first-order valence-electron chi connectivity index (χ1n) is 10.3. The highest BCUT2D eigenvalue weighted by molar-refractivity contribution is 5.55. The highest BCUT2D eigenvalue weighted by atomic mass is 19.1. The van der Waals surface area contributed by atoms with Gasteiger partial charge in [0.25, 0.3) is 6.47 Å². The predicted molar refractivity (Wildman–Crippen MR) is 112 cm³/mol. The summed E-state index contributed by atoms with van der Waals surface area (Å²) in [6.45, 7) is 2.94. The van der Waals surface area contributed by atoms with Gasteiger partial charge in [0.05, 0.1) is 19.9 Å². The number of anilines is 1. The molecule has 168 valence electrons. The molecular weight excluding hydrogens is 420 g/mol. The number of benzene rings is 1.